The highest BCUT2D eigenvalue weighted by molar-refractivity contribution is 6.76. The molecule has 1 aromatic carbocycles. The summed E-state index contributed by atoms with van der Waals surface area (Å²) in [7, 11) is -1.20. The Morgan fingerprint density at radius 2 is 1.83 bits per heavy atom. The summed E-state index contributed by atoms with van der Waals surface area (Å²) in [6.45, 7) is 24.0. The van der Waals surface area contributed by atoms with Gasteiger partial charge in [-0.3, -0.25) is 4.90 Å². The number of anilines is 1. The first-order chi connectivity index (χ1) is 22.7. The van der Waals surface area contributed by atoms with Crippen LogP contribution >= 0.6 is 0 Å². The molecule has 2 aliphatic heterocycles. The Kier molecular flexibility index (Phi) is 11.7. The second-order valence-electron chi connectivity index (χ2n) is 15.3. The van der Waals surface area contributed by atoms with E-state index in [1.807, 2.05) is 51.4 Å². The first-order valence-corrected chi connectivity index (χ1v) is 21.1. The summed E-state index contributed by atoms with van der Waals surface area (Å²) in [5.74, 6) is 1.66. The molecule has 0 saturated carbocycles. The van der Waals surface area contributed by atoms with E-state index in [0.717, 1.165) is 85.7 Å². The summed E-state index contributed by atoms with van der Waals surface area (Å²) in [6.07, 6.45) is 2.46. The molecule has 0 aliphatic carbocycles. The minimum atomic E-state index is -1.20. The molecule has 2 saturated heterocycles. The van der Waals surface area contributed by atoms with Gasteiger partial charge in [0.15, 0.2) is 0 Å². The van der Waals surface area contributed by atoms with E-state index in [9.17, 15) is 4.79 Å². The molecule has 0 N–H and O–H groups in total. The van der Waals surface area contributed by atoms with E-state index >= 15 is 0 Å². The van der Waals surface area contributed by atoms with E-state index in [-0.39, 0.29) is 18.3 Å². The summed E-state index contributed by atoms with van der Waals surface area (Å²) in [4.78, 5) is 28.3. The molecule has 48 heavy (non-hydrogen) atoms. The third-order valence-corrected chi connectivity index (χ3v) is 10.2. The first-order valence-electron chi connectivity index (χ1n) is 17.4. The van der Waals surface area contributed by atoms with E-state index in [1.54, 1.807) is 11.2 Å². The van der Waals surface area contributed by atoms with Crippen molar-refractivity contribution in [1.82, 2.24) is 29.5 Å². The Balaban J connectivity index is 1.24. The predicted octanol–water partition coefficient (Wildman–Crippen LogP) is 5.74. The van der Waals surface area contributed by atoms with Crippen molar-refractivity contribution in [1.29, 1.82) is 0 Å². The van der Waals surface area contributed by atoms with Crippen LogP contribution in [0.1, 0.15) is 41.0 Å². The standard InChI is InChI=1S/C35H55N7O5Si/c1-26(2)46-27-9-10-31-29(21-27)33(38-42(31)25-44-19-20-48(6,7)8)30-22-32(37-24-36-30)41-17-18-45-28(23-41)11-12-39-13-15-40(16-14-39)34(43)47-35(3,4)5/h9-10,21-22,24,26,28H,11-20,23,25H2,1-8H3. The van der Waals surface area contributed by atoms with Gasteiger partial charge in [0.25, 0.3) is 0 Å². The Morgan fingerprint density at radius 1 is 1.06 bits per heavy atom. The molecule has 4 heterocycles. The summed E-state index contributed by atoms with van der Waals surface area (Å²) in [6, 6.07) is 9.23. The normalized spacial score (nSPS) is 18.1. The zero-order valence-corrected chi connectivity index (χ0v) is 31.2. The summed E-state index contributed by atoms with van der Waals surface area (Å²) < 4.78 is 25.8. The minimum absolute atomic E-state index is 0.0626. The summed E-state index contributed by atoms with van der Waals surface area (Å²) >= 11 is 0. The molecule has 0 radical (unpaired) electrons. The molecule has 2 aromatic heterocycles. The molecule has 0 bridgehead atoms. The molecule has 264 valence electrons. The maximum absolute atomic E-state index is 12.4. The Bertz CT molecular complexity index is 1510. The third-order valence-electron chi connectivity index (χ3n) is 8.45. The molecule has 13 heteroatoms. The molecule has 0 spiro atoms. The number of hydrogen-bond donors (Lipinski definition) is 0. The quantitative estimate of drug-likeness (QED) is 0.174. The number of morpholine rings is 1. The van der Waals surface area contributed by atoms with E-state index in [0.29, 0.717) is 26.4 Å². The smallest absolute Gasteiger partial charge is 0.410 e. The molecule has 2 aliphatic rings. The molecule has 3 aromatic rings. The molecule has 1 atom stereocenters. The van der Waals surface area contributed by atoms with E-state index in [1.165, 1.54) is 0 Å². The van der Waals surface area contributed by atoms with Gasteiger partial charge in [0, 0.05) is 71.9 Å². The van der Waals surface area contributed by atoms with E-state index < -0.39 is 13.7 Å². The molecular weight excluding hydrogens is 627 g/mol. The van der Waals surface area contributed by atoms with Gasteiger partial charge in [-0.1, -0.05) is 19.6 Å². The fourth-order valence-corrected chi connectivity index (χ4v) is 6.64. The van der Waals surface area contributed by atoms with Crippen molar-refractivity contribution in [2.75, 3.05) is 63.9 Å². The topological polar surface area (TPSA) is 107 Å². The average Bonchev–Trinajstić information content (AvgIpc) is 3.38. The SMILES string of the molecule is CC(C)Oc1ccc2c(c1)c(-c1cc(N3CCOC(CCN4CCN(C(=O)OC(C)(C)C)CC4)C3)ncn1)nn2COCC[Si](C)(C)C. The van der Waals surface area contributed by atoms with Crippen molar-refractivity contribution in [2.24, 2.45) is 0 Å². The highest BCUT2D eigenvalue weighted by Gasteiger charge is 2.28. The number of fused-ring (bicyclic) bond motifs is 1. The largest absolute Gasteiger partial charge is 0.491 e. The van der Waals surface area contributed by atoms with Crippen molar-refractivity contribution in [3.8, 4) is 17.1 Å². The Morgan fingerprint density at radius 3 is 2.54 bits per heavy atom. The number of rotatable bonds is 12. The van der Waals surface area contributed by atoms with Gasteiger partial charge in [0.2, 0.25) is 0 Å². The monoisotopic (exact) mass is 681 g/mol. The summed E-state index contributed by atoms with van der Waals surface area (Å²) in [5, 5.41) is 5.98. The number of piperazine rings is 1. The lowest BCUT2D eigenvalue weighted by molar-refractivity contribution is 0.00757. The lowest BCUT2D eigenvalue weighted by Crippen LogP contribution is -2.51. The molecule has 2 fully saturated rings. The van der Waals surface area contributed by atoms with E-state index in [4.69, 9.17) is 24.0 Å². The van der Waals surface area contributed by atoms with Gasteiger partial charge in [-0.05, 0) is 65.3 Å². The van der Waals surface area contributed by atoms with Crippen LogP contribution in [-0.2, 0) is 20.9 Å². The number of ether oxygens (including phenoxy) is 4. The van der Waals surface area contributed by atoms with Gasteiger partial charge in [-0.15, -0.1) is 0 Å². The van der Waals surface area contributed by atoms with Crippen LogP contribution in [0.2, 0.25) is 25.7 Å². The van der Waals surface area contributed by atoms with Crippen LogP contribution in [0.25, 0.3) is 22.3 Å². The number of benzene rings is 1. The maximum Gasteiger partial charge on any atom is 0.410 e. The van der Waals surface area contributed by atoms with Crippen LogP contribution < -0.4 is 9.64 Å². The van der Waals surface area contributed by atoms with Gasteiger partial charge in [-0.25, -0.2) is 19.4 Å². The average molecular weight is 682 g/mol. The van der Waals surface area contributed by atoms with Crippen LogP contribution in [0.5, 0.6) is 5.75 Å². The van der Waals surface area contributed by atoms with Crippen LogP contribution in [0.15, 0.2) is 30.6 Å². The molecule has 1 unspecified atom stereocenters. The zero-order chi connectivity index (χ0) is 34.5. The van der Waals surface area contributed by atoms with Crippen molar-refractivity contribution in [2.45, 2.75) is 91.3 Å². The van der Waals surface area contributed by atoms with Crippen molar-refractivity contribution >= 4 is 30.9 Å². The second-order valence-corrected chi connectivity index (χ2v) is 21.0. The van der Waals surface area contributed by atoms with Crippen molar-refractivity contribution < 1.29 is 23.7 Å². The Labute approximate surface area is 286 Å². The zero-order valence-electron chi connectivity index (χ0n) is 30.2. The number of nitrogens with zero attached hydrogens (tertiary/aromatic N) is 7. The predicted molar refractivity (Wildman–Crippen MR) is 191 cm³/mol. The fraction of sp³-hybridized carbons (Fsp3) is 0.657. The summed E-state index contributed by atoms with van der Waals surface area (Å²) in [5.41, 5.74) is 2.05. The Hall–Kier alpha value is -3.26. The van der Waals surface area contributed by atoms with Crippen LogP contribution in [0.4, 0.5) is 10.6 Å². The lowest BCUT2D eigenvalue weighted by atomic mass is 10.1. The highest BCUT2D eigenvalue weighted by atomic mass is 28.3. The first kappa shape index (κ1) is 36.0. The van der Waals surface area contributed by atoms with Gasteiger partial charge in [-0.2, -0.15) is 5.10 Å². The number of aromatic nitrogens is 4. The number of carbonyl (C=O) groups excluding carboxylic acids is 1. The van der Waals surface area contributed by atoms with Gasteiger partial charge in [0.05, 0.1) is 30.0 Å². The molecule has 1 amide bonds. The van der Waals surface area contributed by atoms with Gasteiger partial charge < -0.3 is 28.7 Å². The van der Waals surface area contributed by atoms with Crippen LogP contribution in [0.3, 0.4) is 0 Å². The molecule has 5 rings (SSSR count). The second kappa shape index (κ2) is 15.5. The maximum atomic E-state index is 12.4. The number of carbonyl (C=O) groups is 1. The molecule has 12 nitrogen and oxygen atoms in total. The highest BCUT2D eigenvalue weighted by Crippen LogP contribution is 2.32. The van der Waals surface area contributed by atoms with Gasteiger partial charge in [0.1, 0.15) is 35.9 Å². The number of amides is 1. The van der Waals surface area contributed by atoms with Crippen molar-refractivity contribution in [3.05, 3.63) is 30.6 Å². The number of hydrogen-bond acceptors (Lipinski definition) is 10. The fourth-order valence-electron chi connectivity index (χ4n) is 5.88. The van der Waals surface area contributed by atoms with Gasteiger partial charge >= 0.3 is 6.09 Å². The molecular formula is C35H55N7O5Si. The lowest BCUT2D eigenvalue weighted by Gasteiger charge is -2.37. The van der Waals surface area contributed by atoms with E-state index in [2.05, 4.69) is 51.5 Å². The van der Waals surface area contributed by atoms with Crippen LogP contribution in [-0.4, -0.2) is 121 Å². The van der Waals surface area contributed by atoms with Crippen molar-refractivity contribution in [3.63, 3.8) is 0 Å². The van der Waals surface area contributed by atoms with Crippen LogP contribution in [0, 0.1) is 0 Å². The minimum Gasteiger partial charge on any atom is -0.491 e. The third kappa shape index (κ3) is 10.1.